The van der Waals surface area contributed by atoms with Gasteiger partial charge in [-0.15, -0.1) is 0 Å². The van der Waals surface area contributed by atoms with Crippen molar-refractivity contribution in [2.24, 2.45) is 0 Å². The van der Waals surface area contributed by atoms with Crippen LogP contribution in [0.1, 0.15) is 0 Å². The lowest BCUT2D eigenvalue weighted by Crippen LogP contribution is -2.01. The summed E-state index contributed by atoms with van der Waals surface area (Å²) >= 11 is 0. The molecule has 0 atom stereocenters. The lowest BCUT2D eigenvalue weighted by atomic mass is 10.0. The zero-order valence-electron chi connectivity index (χ0n) is 18.0. The van der Waals surface area contributed by atoms with Gasteiger partial charge in [-0.05, 0) is 10.8 Å². The maximum absolute atomic E-state index is 5.46. The predicted molar refractivity (Wildman–Crippen MR) is 125 cm³/mol. The van der Waals surface area contributed by atoms with Gasteiger partial charge in [-0.25, -0.2) is 9.97 Å². The van der Waals surface area contributed by atoms with E-state index in [2.05, 4.69) is 45.6 Å². The van der Waals surface area contributed by atoms with Crippen LogP contribution in [0.25, 0.3) is 27.7 Å². The van der Waals surface area contributed by atoms with Crippen molar-refractivity contribution in [1.82, 2.24) is 14.4 Å². The summed E-state index contributed by atoms with van der Waals surface area (Å²) in [6.45, 7) is 0. The monoisotopic (exact) mass is 426 g/mol. The molecule has 5 rings (SSSR count). The lowest BCUT2D eigenvalue weighted by Gasteiger charge is -2.15. The van der Waals surface area contributed by atoms with Crippen LogP contribution in [0.15, 0.2) is 73.2 Å². The molecule has 7 nitrogen and oxygen atoms in total. The van der Waals surface area contributed by atoms with Gasteiger partial charge in [0, 0.05) is 35.8 Å². The molecular weight excluding hydrogens is 404 g/mol. The van der Waals surface area contributed by atoms with Crippen molar-refractivity contribution in [3.8, 4) is 28.5 Å². The summed E-state index contributed by atoms with van der Waals surface area (Å²) < 4.78 is 18.4. The molecule has 0 unspecified atom stereocenters. The number of rotatable bonds is 6. The summed E-state index contributed by atoms with van der Waals surface area (Å²) in [7, 11) is 4.76. The number of hydrogen-bond acceptors (Lipinski definition) is 6. The Balaban J connectivity index is 1.60. The SMILES string of the molecule is COc1cc(Nc2nccn3c(-c4cccc5ccccc45)cnc23)cc(OC)c1OC. The standard InChI is InChI=1S/C25H22N4O3/c1-30-21-13-17(14-22(31-2)23(21)32-3)28-24-25-27-15-20(29(25)12-11-26-24)19-10-6-8-16-7-4-5-9-18(16)19/h4-15H,1-3H3,(H,26,28). The van der Waals surface area contributed by atoms with E-state index in [0.29, 0.717) is 28.7 Å². The number of aromatic nitrogens is 3. The summed E-state index contributed by atoms with van der Waals surface area (Å²) in [5, 5.41) is 5.70. The van der Waals surface area contributed by atoms with Crippen LogP contribution in [0.5, 0.6) is 17.2 Å². The average Bonchev–Trinajstić information content (AvgIpc) is 3.28. The molecule has 0 aliphatic rings. The highest BCUT2D eigenvalue weighted by atomic mass is 16.5. The number of ether oxygens (including phenoxy) is 3. The molecule has 3 aromatic carbocycles. The predicted octanol–water partition coefficient (Wildman–Crippen LogP) is 5.32. The van der Waals surface area contributed by atoms with E-state index in [1.807, 2.05) is 41.1 Å². The third-order valence-corrected chi connectivity index (χ3v) is 5.42. The Morgan fingerprint density at radius 3 is 2.34 bits per heavy atom. The summed E-state index contributed by atoms with van der Waals surface area (Å²) in [5.74, 6) is 2.27. The summed E-state index contributed by atoms with van der Waals surface area (Å²) in [5.41, 5.74) is 3.56. The molecule has 0 fully saturated rings. The maximum atomic E-state index is 5.46. The molecule has 0 saturated heterocycles. The van der Waals surface area contributed by atoms with E-state index in [-0.39, 0.29) is 0 Å². The summed E-state index contributed by atoms with van der Waals surface area (Å²) in [6, 6.07) is 18.3. The zero-order valence-corrected chi connectivity index (χ0v) is 18.0. The highest BCUT2D eigenvalue weighted by Gasteiger charge is 2.16. The largest absolute Gasteiger partial charge is 0.493 e. The molecule has 32 heavy (non-hydrogen) atoms. The minimum atomic E-state index is 0.533. The number of nitrogens with zero attached hydrogens (tertiary/aromatic N) is 3. The number of hydrogen-bond donors (Lipinski definition) is 1. The molecule has 7 heteroatoms. The fraction of sp³-hybridized carbons (Fsp3) is 0.120. The topological polar surface area (TPSA) is 69.9 Å². The van der Waals surface area contributed by atoms with Crippen molar-refractivity contribution in [2.75, 3.05) is 26.6 Å². The first-order valence-electron chi connectivity index (χ1n) is 10.1. The van der Waals surface area contributed by atoms with Gasteiger partial charge < -0.3 is 19.5 Å². The van der Waals surface area contributed by atoms with Crippen LogP contribution in [0.4, 0.5) is 11.5 Å². The fourth-order valence-corrected chi connectivity index (χ4v) is 3.95. The van der Waals surface area contributed by atoms with Gasteiger partial charge in [0.2, 0.25) is 5.75 Å². The second kappa shape index (κ2) is 8.11. The average molecular weight is 426 g/mol. The second-order valence-electron chi connectivity index (χ2n) is 7.18. The first-order chi connectivity index (χ1) is 15.7. The van der Waals surface area contributed by atoms with Crippen LogP contribution in [0.2, 0.25) is 0 Å². The number of nitrogens with one attached hydrogen (secondary N) is 1. The first kappa shape index (κ1) is 19.7. The Hall–Kier alpha value is -4.26. The Morgan fingerprint density at radius 2 is 1.59 bits per heavy atom. The molecule has 0 spiro atoms. The number of methoxy groups -OCH3 is 3. The van der Waals surface area contributed by atoms with Gasteiger partial charge in [-0.3, -0.25) is 4.40 Å². The Morgan fingerprint density at radius 1 is 0.844 bits per heavy atom. The van der Waals surface area contributed by atoms with Crippen molar-refractivity contribution in [3.05, 3.63) is 73.2 Å². The van der Waals surface area contributed by atoms with E-state index >= 15 is 0 Å². The van der Waals surface area contributed by atoms with Gasteiger partial charge in [0.05, 0.1) is 33.2 Å². The number of benzene rings is 3. The Kier molecular flexibility index (Phi) is 4.99. The smallest absolute Gasteiger partial charge is 0.203 e. The summed E-state index contributed by atoms with van der Waals surface area (Å²) in [4.78, 5) is 9.19. The van der Waals surface area contributed by atoms with Gasteiger partial charge in [0.15, 0.2) is 23.0 Å². The molecule has 0 aliphatic carbocycles. The Bertz CT molecular complexity index is 1400. The molecule has 0 aliphatic heterocycles. The molecule has 0 amide bonds. The number of anilines is 2. The molecule has 160 valence electrons. The molecule has 0 bridgehead atoms. The molecule has 1 N–H and O–H groups in total. The third-order valence-electron chi connectivity index (χ3n) is 5.42. The maximum Gasteiger partial charge on any atom is 0.203 e. The molecule has 5 aromatic rings. The van der Waals surface area contributed by atoms with Crippen molar-refractivity contribution in [2.45, 2.75) is 0 Å². The van der Waals surface area contributed by atoms with Crippen LogP contribution in [-0.2, 0) is 0 Å². The van der Waals surface area contributed by atoms with Gasteiger partial charge in [-0.1, -0.05) is 42.5 Å². The van der Waals surface area contributed by atoms with Crippen LogP contribution in [0.3, 0.4) is 0 Å². The van der Waals surface area contributed by atoms with E-state index in [1.54, 1.807) is 27.5 Å². The Labute approximate surface area is 185 Å². The van der Waals surface area contributed by atoms with Crippen LogP contribution in [0, 0.1) is 0 Å². The molecule has 0 saturated carbocycles. The van der Waals surface area contributed by atoms with Gasteiger partial charge in [0.25, 0.3) is 0 Å². The van der Waals surface area contributed by atoms with E-state index in [0.717, 1.165) is 16.9 Å². The van der Waals surface area contributed by atoms with E-state index < -0.39 is 0 Å². The molecule has 0 radical (unpaired) electrons. The van der Waals surface area contributed by atoms with Gasteiger partial charge in [0.1, 0.15) is 0 Å². The third kappa shape index (κ3) is 3.24. The molecular formula is C25H22N4O3. The minimum absolute atomic E-state index is 0.533. The van der Waals surface area contributed by atoms with Crippen molar-refractivity contribution < 1.29 is 14.2 Å². The van der Waals surface area contributed by atoms with Crippen molar-refractivity contribution in [3.63, 3.8) is 0 Å². The number of fused-ring (bicyclic) bond motifs is 2. The fourth-order valence-electron chi connectivity index (χ4n) is 3.95. The van der Waals surface area contributed by atoms with Gasteiger partial charge >= 0.3 is 0 Å². The van der Waals surface area contributed by atoms with Crippen molar-refractivity contribution in [1.29, 1.82) is 0 Å². The lowest BCUT2D eigenvalue weighted by molar-refractivity contribution is 0.324. The van der Waals surface area contributed by atoms with E-state index in [1.165, 1.54) is 10.8 Å². The zero-order chi connectivity index (χ0) is 22.1. The quantitative estimate of drug-likeness (QED) is 0.396. The second-order valence-corrected chi connectivity index (χ2v) is 7.18. The normalized spacial score (nSPS) is 11.0. The highest BCUT2D eigenvalue weighted by Crippen LogP contribution is 2.41. The van der Waals surface area contributed by atoms with Crippen LogP contribution >= 0.6 is 0 Å². The summed E-state index contributed by atoms with van der Waals surface area (Å²) in [6.07, 6.45) is 5.54. The minimum Gasteiger partial charge on any atom is -0.493 e. The first-order valence-corrected chi connectivity index (χ1v) is 10.1. The van der Waals surface area contributed by atoms with E-state index in [4.69, 9.17) is 14.2 Å². The number of imidazole rings is 1. The van der Waals surface area contributed by atoms with Crippen LogP contribution < -0.4 is 19.5 Å². The molecule has 2 heterocycles. The highest BCUT2D eigenvalue weighted by molar-refractivity contribution is 5.96. The van der Waals surface area contributed by atoms with E-state index in [9.17, 15) is 0 Å². The molecule has 2 aromatic heterocycles. The van der Waals surface area contributed by atoms with Crippen molar-refractivity contribution >= 4 is 27.9 Å². The van der Waals surface area contributed by atoms with Crippen LogP contribution in [-0.4, -0.2) is 35.7 Å². The van der Waals surface area contributed by atoms with Gasteiger partial charge in [-0.2, -0.15) is 0 Å².